The van der Waals surface area contributed by atoms with Gasteiger partial charge in [-0.1, -0.05) is 19.9 Å². The van der Waals surface area contributed by atoms with Crippen molar-refractivity contribution in [1.82, 2.24) is 9.80 Å². The van der Waals surface area contributed by atoms with E-state index in [9.17, 15) is 14.7 Å². The first-order chi connectivity index (χ1) is 14.2. The van der Waals surface area contributed by atoms with Gasteiger partial charge in [0, 0.05) is 19.5 Å². The standard InChI is InChI=1S/C23H34N2O5/c1-7-29-18-10-9-16(14-19(18)30-8-2)21-20(17(26)13-15(3)4)22(27)23(28)25(21)12-11-24(5)6/h9-10,14-15,21,27H,7-8,11-13H2,1-6H3. The summed E-state index contributed by atoms with van der Waals surface area (Å²) in [6.07, 6.45) is 0.264. The second-order valence-corrected chi connectivity index (χ2v) is 8.06. The summed E-state index contributed by atoms with van der Waals surface area (Å²) in [5.74, 6) is 0.107. The van der Waals surface area contributed by atoms with Gasteiger partial charge in [-0.05, 0) is 51.6 Å². The number of aliphatic hydroxyl groups excluding tert-OH is 1. The fourth-order valence-corrected chi connectivity index (χ4v) is 3.54. The molecule has 0 bridgehead atoms. The fourth-order valence-electron chi connectivity index (χ4n) is 3.54. The predicted molar refractivity (Wildman–Crippen MR) is 116 cm³/mol. The Bertz CT molecular complexity index is 801. The Morgan fingerprint density at radius 2 is 1.80 bits per heavy atom. The minimum atomic E-state index is -0.654. The molecule has 0 aromatic heterocycles. The van der Waals surface area contributed by atoms with Crippen LogP contribution >= 0.6 is 0 Å². The van der Waals surface area contributed by atoms with E-state index in [4.69, 9.17) is 9.47 Å². The second kappa shape index (κ2) is 10.5. The number of Topliss-reactive ketones (excluding diaryl/α,β-unsaturated/α-hetero) is 1. The van der Waals surface area contributed by atoms with E-state index in [1.54, 1.807) is 17.0 Å². The molecule has 1 aromatic rings. The average Bonchev–Trinajstić information content (AvgIpc) is 2.92. The molecule has 0 saturated carbocycles. The number of aliphatic hydroxyl groups is 1. The fraction of sp³-hybridized carbons (Fsp3) is 0.565. The molecule has 1 aliphatic rings. The van der Waals surface area contributed by atoms with Crippen LogP contribution in [0, 0.1) is 5.92 Å². The quantitative estimate of drug-likeness (QED) is 0.594. The summed E-state index contributed by atoms with van der Waals surface area (Å²) in [6.45, 7) is 9.60. The van der Waals surface area contributed by atoms with Crippen molar-refractivity contribution in [2.24, 2.45) is 5.92 Å². The highest BCUT2D eigenvalue weighted by atomic mass is 16.5. The lowest BCUT2D eigenvalue weighted by Crippen LogP contribution is -2.36. The largest absolute Gasteiger partial charge is 0.503 e. The summed E-state index contributed by atoms with van der Waals surface area (Å²) in [6, 6.07) is 4.77. The van der Waals surface area contributed by atoms with Crippen LogP contribution in [-0.4, -0.2) is 67.0 Å². The van der Waals surface area contributed by atoms with Crippen LogP contribution in [0.5, 0.6) is 11.5 Å². The predicted octanol–water partition coefficient (Wildman–Crippen LogP) is 3.36. The van der Waals surface area contributed by atoms with E-state index in [1.807, 2.05) is 52.8 Å². The van der Waals surface area contributed by atoms with E-state index < -0.39 is 17.7 Å². The summed E-state index contributed by atoms with van der Waals surface area (Å²) in [7, 11) is 3.83. The SMILES string of the molecule is CCOc1ccc(C2C(C(=O)CC(C)C)=C(O)C(=O)N2CCN(C)C)cc1OCC. The number of nitrogens with zero attached hydrogens (tertiary/aromatic N) is 2. The Balaban J connectivity index is 2.54. The minimum Gasteiger partial charge on any atom is -0.503 e. The molecule has 2 rings (SSSR count). The summed E-state index contributed by atoms with van der Waals surface area (Å²) in [5.41, 5.74) is 0.879. The second-order valence-electron chi connectivity index (χ2n) is 8.06. The molecule has 1 atom stereocenters. The number of rotatable bonds is 11. The van der Waals surface area contributed by atoms with Crippen LogP contribution in [0.2, 0.25) is 0 Å². The molecular weight excluding hydrogens is 384 g/mol. The van der Waals surface area contributed by atoms with E-state index in [0.29, 0.717) is 43.4 Å². The van der Waals surface area contributed by atoms with Gasteiger partial charge in [0.1, 0.15) is 0 Å². The lowest BCUT2D eigenvalue weighted by Gasteiger charge is -2.28. The third-order valence-corrected chi connectivity index (χ3v) is 4.87. The number of ketones is 1. The summed E-state index contributed by atoms with van der Waals surface area (Å²) in [4.78, 5) is 29.4. The Kier molecular flexibility index (Phi) is 8.29. The summed E-state index contributed by atoms with van der Waals surface area (Å²) < 4.78 is 11.4. The van der Waals surface area contributed by atoms with Crippen LogP contribution in [0.25, 0.3) is 0 Å². The van der Waals surface area contributed by atoms with Crippen LogP contribution in [0.1, 0.15) is 45.7 Å². The van der Waals surface area contributed by atoms with E-state index >= 15 is 0 Å². The van der Waals surface area contributed by atoms with Crippen LogP contribution in [-0.2, 0) is 9.59 Å². The van der Waals surface area contributed by atoms with Gasteiger partial charge in [-0.25, -0.2) is 0 Å². The van der Waals surface area contributed by atoms with Crippen molar-refractivity contribution in [3.63, 3.8) is 0 Å². The lowest BCUT2D eigenvalue weighted by molar-refractivity contribution is -0.129. The first-order valence-electron chi connectivity index (χ1n) is 10.5. The smallest absolute Gasteiger partial charge is 0.290 e. The van der Waals surface area contributed by atoms with Gasteiger partial charge in [0.15, 0.2) is 23.0 Å². The van der Waals surface area contributed by atoms with Crippen molar-refractivity contribution in [3.05, 3.63) is 35.1 Å². The monoisotopic (exact) mass is 418 g/mol. The zero-order valence-corrected chi connectivity index (χ0v) is 18.9. The highest BCUT2D eigenvalue weighted by molar-refractivity contribution is 6.09. The number of likely N-dealkylation sites (N-methyl/N-ethyl adjacent to an activating group) is 1. The minimum absolute atomic E-state index is 0.115. The van der Waals surface area contributed by atoms with Crippen molar-refractivity contribution in [3.8, 4) is 11.5 Å². The van der Waals surface area contributed by atoms with Crippen molar-refractivity contribution in [2.75, 3.05) is 40.4 Å². The van der Waals surface area contributed by atoms with Gasteiger partial charge in [-0.2, -0.15) is 0 Å². The van der Waals surface area contributed by atoms with Crippen molar-refractivity contribution < 1.29 is 24.2 Å². The van der Waals surface area contributed by atoms with Crippen molar-refractivity contribution in [2.45, 2.75) is 40.2 Å². The van der Waals surface area contributed by atoms with Crippen molar-refractivity contribution in [1.29, 1.82) is 0 Å². The molecule has 30 heavy (non-hydrogen) atoms. The molecule has 1 aliphatic heterocycles. The molecule has 0 saturated heterocycles. The number of benzene rings is 1. The molecule has 0 fully saturated rings. The number of carbonyl (C=O) groups excluding carboxylic acids is 2. The van der Waals surface area contributed by atoms with E-state index in [-0.39, 0.29) is 23.7 Å². The highest BCUT2D eigenvalue weighted by Crippen LogP contribution is 2.41. The topological polar surface area (TPSA) is 79.3 Å². The van der Waals surface area contributed by atoms with Gasteiger partial charge >= 0.3 is 0 Å². The first kappa shape index (κ1) is 23.7. The first-order valence-corrected chi connectivity index (χ1v) is 10.5. The third kappa shape index (κ3) is 5.33. The van der Waals surface area contributed by atoms with E-state index in [0.717, 1.165) is 0 Å². The Morgan fingerprint density at radius 3 is 2.37 bits per heavy atom. The molecule has 7 nitrogen and oxygen atoms in total. The molecule has 0 spiro atoms. The molecule has 0 radical (unpaired) electrons. The van der Waals surface area contributed by atoms with Gasteiger partial charge < -0.3 is 24.4 Å². The van der Waals surface area contributed by atoms with Gasteiger partial charge in [-0.3, -0.25) is 9.59 Å². The number of hydrogen-bond donors (Lipinski definition) is 1. The number of amides is 1. The van der Waals surface area contributed by atoms with Crippen molar-refractivity contribution >= 4 is 11.7 Å². The van der Waals surface area contributed by atoms with Crippen LogP contribution in [0.15, 0.2) is 29.5 Å². The van der Waals surface area contributed by atoms with Crippen LogP contribution in [0.3, 0.4) is 0 Å². The number of hydrogen-bond acceptors (Lipinski definition) is 6. The zero-order valence-electron chi connectivity index (χ0n) is 18.9. The summed E-state index contributed by atoms with van der Waals surface area (Å²) in [5, 5.41) is 10.6. The molecule has 1 heterocycles. The number of ether oxygens (including phenoxy) is 2. The van der Waals surface area contributed by atoms with E-state index in [2.05, 4.69) is 0 Å². The van der Waals surface area contributed by atoms with Gasteiger partial charge in [0.2, 0.25) is 0 Å². The van der Waals surface area contributed by atoms with Crippen LogP contribution in [0.4, 0.5) is 0 Å². The molecule has 0 aliphatic carbocycles. The maximum absolute atomic E-state index is 13.0. The molecule has 166 valence electrons. The number of carbonyl (C=O) groups is 2. The Morgan fingerprint density at radius 1 is 1.17 bits per heavy atom. The molecule has 1 aromatic carbocycles. The third-order valence-electron chi connectivity index (χ3n) is 4.87. The van der Waals surface area contributed by atoms with Gasteiger partial charge in [0.25, 0.3) is 5.91 Å². The van der Waals surface area contributed by atoms with E-state index in [1.165, 1.54) is 0 Å². The Labute approximate surface area is 179 Å². The molecular formula is C23H34N2O5. The van der Waals surface area contributed by atoms with Crippen LogP contribution < -0.4 is 9.47 Å². The van der Waals surface area contributed by atoms with Gasteiger partial charge in [-0.15, -0.1) is 0 Å². The normalized spacial score (nSPS) is 16.7. The maximum atomic E-state index is 13.0. The molecule has 1 unspecified atom stereocenters. The maximum Gasteiger partial charge on any atom is 0.290 e. The Hall–Kier alpha value is -2.54. The average molecular weight is 419 g/mol. The van der Waals surface area contributed by atoms with Gasteiger partial charge in [0.05, 0.1) is 24.8 Å². The molecule has 7 heteroatoms. The highest BCUT2D eigenvalue weighted by Gasteiger charge is 2.43. The summed E-state index contributed by atoms with van der Waals surface area (Å²) >= 11 is 0. The molecule has 1 amide bonds. The zero-order chi connectivity index (χ0) is 22.4. The molecule has 1 N–H and O–H groups in total. The lowest BCUT2D eigenvalue weighted by atomic mass is 9.92.